The zero-order valence-electron chi connectivity index (χ0n) is 9.93. The Morgan fingerprint density at radius 3 is 2.47 bits per heavy atom. The molecule has 1 rings (SSSR count). The first kappa shape index (κ1) is 13.4. The van der Waals surface area contributed by atoms with Crippen LogP contribution in [0.15, 0.2) is 12.4 Å². The highest BCUT2D eigenvalue weighted by Gasteiger charge is 2.29. The Morgan fingerprint density at radius 2 is 2.06 bits per heavy atom. The molecular formula is C10H14N4O2S. The standard InChI is InChI=1S/C10H14N4O2S/c1-10(2,17(3,15)16)7-14-9-6-12-8(4-11)5-13-9/h5-6H,7H2,1-3H3,(H,13,14). The molecule has 0 radical (unpaired) electrons. The van der Waals surface area contributed by atoms with E-state index in [2.05, 4.69) is 15.3 Å². The molecule has 1 heterocycles. The molecule has 0 saturated carbocycles. The van der Waals surface area contributed by atoms with E-state index in [1.54, 1.807) is 13.8 Å². The molecule has 0 spiro atoms. The van der Waals surface area contributed by atoms with Crippen LogP contribution in [0.1, 0.15) is 19.5 Å². The van der Waals surface area contributed by atoms with Crippen LogP contribution in [0, 0.1) is 11.3 Å². The highest BCUT2D eigenvalue weighted by molar-refractivity contribution is 7.92. The monoisotopic (exact) mass is 254 g/mol. The second-order valence-corrected chi connectivity index (χ2v) is 6.93. The van der Waals surface area contributed by atoms with Crippen LogP contribution in [0.5, 0.6) is 0 Å². The molecule has 0 aliphatic rings. The third kappa shape index (κ3) is 3.39. The van der Waals surface area contributed by atoms with Crippen LogP contribution in [0.2, 0.25) is 0 Å². The van der Waals surface area contributed by atoms with E-state index in [1.807, 2.05) is 6.07 Å². The number of nitriles is 1. The zero-order chi connectivity index (χ0) is 13.1. The maximum absolute atomic E-state index is 11.5. The summed E-state index contributed by atoms with van der Waals surface area (Å²) in [4.78, 5) is 7.77. The molecule has 0 fully saturated rings. The van der Waals surface area contributed by atoms with E-state index in [0.717, 1.165) is 0 Å². The molecule has 17 heavy (non-hydrogen) atoms. The minimum absolute atomic E-state index is 0.220. The highest BCUT2D eigenvalue weighted by atomic mass is 32.2. The SMILES string of the molecule is CC(C)(CNc1cnc(C#N)cn1)S(C)(=O)=O. The van der Waals surface area contributed by atoms with Crippen molar-refractivity contribution in [2.24, 2.45) is 0 Å². The van der Waals surface area contributed by atoms with Gasteiger partial charge >= 0.3 is 0 Å². The van der Waals surface area contributed by atoms with Gasteiger partial charge in [0.15, 0.2) is 15.5 Å². The molecule has 0 aliphatic carbocycles. The predicted molar refractivity (Wildman–Crippen MR) is 64.2 cm³/mol. The van der Waals surface area contributed by atoms with Crippen LogP contribution in [0.25, 0.3) is 0 Å². The lowest BCUT2D eigenvalue weighted by molar-refractivity contribution is 0.559. The molecule has 1 aromatic rings. The van der Waals surface area contributed by atoms with Gasteiger partial charge in [-0.25, -0.2) is 18.4 Å². The fourth-order valence-electron chi connectivity index (χ4n) is 0.912. The van der Waals surface area contributed by atoms with Crippen LogP contribution >= 0.6 is 0 Å². The number of nitrogens with one attached hydrogen (secondary N) is 1. The molecule has 0 bridgehead atoms. The first-order valence-electron chi connectivity index (χ1n) is 4.92. The molecule has 0 atom stereocenters. The molecular weight excluding hydrogens is 240 g/mol. The average Bonchev–Trinajstić information content (AvgIpc) is 2.25. The molecule has 7 heteroatoms. The van der Waals surface area contributed by atoms with Gasteiger partial charge in [0.2, 0.25) is 0 Å². The van der Waals surface area contributed by atoms with Gasteiger partial charge in [0.05, 0.1) is 17.1 Å². The van der Waals surface area contributed by atoms with E-state index in [0.29, 0.717) is 5.82 Å². The van der Waals surface area contributed by atoms with Gasteiger partial charge in [-0.1, -0.05) is 0 Å². The number of anilines is 1. The maximum Gasteiger partial charge on any atom is 0.158 e. The Bertz CT molecular complexity index is 528. The summed E-state index contributed by atoms with van der Waals surface area (Å²) in [5.41, 5.74) is 0.220. The van der Waals surface area contributed by atoms with Crippen molar-refractivity contribution in [3.05, 3.63) is 18.1 Å². The molecule has 0 unspecified atom stereocenters. The molecule has 1 aromatic heterocycles. The fraction of sp³-hybridized carbons (Fsp3) is 0.500. The summed E-state index contributed by atoms with van der Waals surface area (Å²) in [6, 6.07) is 1.85. The van der Waals surface area contributed by atoms with Crippen LogP contribution < -0.4 is 5.32 Å². The topological polar surface area (TPSA) is 95.7 Å². The third-order valence-corrected chi connectivity index (χ3v) is 4.62. The summed E-state index contributed by atoms with van der Waals surface area (Å²) in [6.07, 6.45) is 3.92. The van der Waals surface area contributed by atoms with Crippen LogP contribution in [-0.2, 0) is 9.84 Å². The highest BCUT2D eigenvalue weighted by Crippen LogP contribution is 2.15. The predicted octanol–water partition coefficient (Wildman–Crippen LogP) is 0.583. The largest absolute Gasteiger partial charge is 0.367 e. The average molecular weight is 254 g/mol. The second-order valence-electron chi connectivity index (χ2n) is 4.28. The summed E-state index contributed by atoms with van der Waals surface area (Å²) in [5.74, 6) is 0.445. The van der Waals surface area contributed by atoms with E-state index >= 15 is 0 Å². The third-order valence-electron chi connectivity index (χ3n) is 2.47. The quantitative estimate of drug-likeness (QED) is 0.844. The lowest BCUT2D eigenvalue weighted by atomic mass is 10.2. The first-order chi connectivity index (χ1) is 7.76. The summed E-state index contributed by atoms with van der Waals surface area (Å²) in [6.45, 7) is 3.49. The number of hydrogen-bond acceptors (Lipinski definition) is 6. The normalized spacial score (nSPS) is 11.9. The van der Waals surface area contributed by atoms with E-state index in [9.17, 15) is 8.42 Å². The lowest BCUT2D eigenvalue weighted by Crippen LogP contribution is -2.38. The fourth-order valence-corrected chi connectivity index (χ4v) is 1.25. The van der Waals surface area contributed by atoms with Gasteiger partial charge in [0.1, 0.15) is 11.9 Å². The van der Waals surface area contributed by atoms with E-state index in [1.165, 1.54) is 18.6 Å². The molecule has 0 amide bonds. The Hall–Kier alpha value is -1.68. The number of hydrogen-bond donors (Lipinski definition) is 1. The summed E-state index contributed by atoms with van der Waals surface area (Å²) >= 11 is 0. The van der Waals surface area contributed by atoms with Crippen molar-refractivity contribution in [1.82, 2.24) is 9.97 Å². The van der Waals surface area contributed by atoms with Gasteiger partial charge in [-0.3, -0.25) is 0 Å². The molecule has 1 N–H and O–H groups in total. The Kier molecular flexibility index (Phi) is 3.68. The van der Waals surface area contributed by atoms with Crippen LogP contribution in [0.3, 0.4) is 0 Å². The zero-order valence-corrected chi connectivity index (χ0v) is 10.7. The van der Waals surface area contributed by atoms with E-state index in [-0.39, 0.29) is 12.2 Å². The number of rotatable bonds is 4. The number of nitrogens with zero attached hydrogens (tertiary/aromatic N) is 3. The van der Waals surface area contributed by atoms with Crippen molar-refractivity contribution in [3.8, 4) is 6.07 Å². The Balaban J connectivity index is 2.72. The lowest BCUT2D eigenvalue weighted by Gasteiger charge is -2.22. The van der Waals surface area contributed by atoms with Crippen molar-refractivity contribution in [2.75, 3.05) is 18.1 Å². The summed E-state index contributed by atoms with van der Waals surface area (Å²) in [7, 11) is -3.15. The molecule has 0 aromatic carbocycles. The summed E-state index contributed by atoms with van der Waals surface area (Å²) < 4.78 is 22.0. The van der Waals surface area contributed by atoms with Crippen molar-refractivity contribution >= 4 is 15.7 Å². The second kappa shape index (κ2) is 4.67. The van der Waals surface area contributed by atoms with Crippen molar-refractivity contribution in [2.45, 2.75) is 18.6 Å². The van der Waals surface area contributed by atoms with Gasteiger partial charge < -0.3 is 5.32 Å². The maximum atomic E-state index is 11.5. The Labute approximate surface area is 101 Å². The van der Waals surface area contributed by atoms with Crippen molar-refractivity contribution in [3.63, 3.8) is 0 Å². The minimum Gasteiger partial charge on any atom is -0.367 e. The first-order valence-corrected chi connectivity index (χ1v) is 6.81. The van der Waals surface area contributed by atoms with E-state index < -0.39 is 14.6 Å². The van der Waals surface area contributed by atoms with Gasteiger partial charge in [-0.15, -0.1) is 0 Å². The van der Waals surface area contributed by atoms with Gasteiger partial charge in [-0.2, -0.15) is 5.26 Å². The van der Waals surface area contributed by atoms with Crippen molar-refractivity contribution < 1.29 is 8.42 Å². The Morgan fingerprint density at radius 1 is 1.41 bits per heavy atom. The van der Waals surface area contributed by atoms with Gasteiger partial charge in [0, 0.05) is 12.8 Å². The van der Waals surface area contributed by atoms with E-state index in [4.69, 9.17) is 5.26 Å². The molecule has 6 nitrogen and oxygen atoms in total. The minimum atomic E-state index is -3.15. The molecule has 92 valence electrons. The van der Waals surface area contributed by atoms with Crippen molar-refractivity contribution in [1.29, 1.82) is 5.26 Å². The number of sulfone groups is 1. The van der Waals surface area contributed by atoms with Crippen LogP contribution in [0.4, 0.5) is 5.82 Å². The number of aromatic nitrogens is 2. The smallest absolute Gasteiger partial charge is 0.158 e. The van der Waals surface area contributed by atoms with Gasteiger partial charge in [-0.05, 0) is 13.8 Å². The van der Waals surface area contributed by atoms with Crippen LogP contribution in [-0.4, -0.2) is 35.9 Å². The molecule has 0 saturated heterocycles. The molecule has 0 aliphatic heterocycles. The van der Waals surface area contributed by atoms with Gasteiger partial charge in [0.25, 0.3) is 0 Å². The summed E-state index contributed by atoms with van der Waals surface area (Å²) in [5, 5.41) is 11.4.